The van der Waals surface area contributed by atoms with Crippen LogP contribution >= 0.6 is 0 Å². The summed E-state index contributed by atoms with van der Waals surface area (Å²) in [5, 5.41) is 3.34. The highest BCUT2D eigenvalue weighted by atomic mass is 19.1. The Morgan fingerprint density at radius 3 is 2.07 bits per heavy atom. The molecule has 0 spiro atoms. The number of benzene rings is 1. The minimum atomic E-state index is -0.149. The summed E-state index contributed by atoms with van der Waals surface area (Å²) in [7, 11) is 2.01. The highest BCUT2D eigenvalue weighted by Gasteiger charge is 2.44. The first-order valence-electron chi connectivity index (χ1n) is 5.58. The molecular weight excluding hydrogens is 189 g/mol. The minimum Gasteiger partial charge on any atom is -0.316 e. The molecule has 82 valence electrons. The maximum Gasteiger partial charge on any atom is 0.123 e. The van der Waals surface area contributed by atoms with Crippen LogP contribution in [0.3, 0.4) is 0 Å². The Kier molecular flexibility index (Phi) is 2.79. The van der Waals surface area contributed by atoms with Gasteiger partial charge in [0.25, 0.3) is 0 Å². The maximum atomic E-state index is 12.8. The van der Waals surface area contributed by atoms with Crippen LogP contribution in [-0.4, -0.2) is 13.1 Å². The first kappa shape index (κ1) is 10.6. The van der Waals surface area contributed by atoms with Gasteiger partial charge >= 0.3 is 0 Å². The van der Waals surface area contributed by atoms with E-state index in [0.717, 1.165) is 0 Å². The maximum absolute atomic E-state index is 12.8. The molecule has 1 aromatic rings. The molecule has 0 heterocycles. The quantitative estimate of drug-likeness (QED) is 0.786. The van der Waals surface area contributed by atoms with Gasteiger partial charge in [-0.25, -0.2) is 4.39 Å². The van der Waals surface area contributed by atoms with Gasteiger partial charge in [-0.15, -0.1) is 0 Å². The molecule has 0 aliphatic heterocycles. The first-order chi connectivity index (χ1) is 7.15. The predicted octanol–water partition coefficient (Wildman–Crippen LogP) is 2.78. The second-order valence-electron chi connectivity index (χ2n) is 4.61. The zero-order valence-corrected chi connectivity index (χ0v) is 9.50. The summed E-state index contributed by atoms with van der Waals surface area (Å²) in [6.07, 6.45) is 0. The molecule has 1 saturated carbocycles. The molecule has 15 heavy (non-hydrogen) atoms. The molecule has 0 aromatic heterocycles. The van der Waals surface area contributed by atoms with Crippen LogP contribution in [-0.2, 0) is 0 Å². The van der Waals surface area contributed by atoms with Crippen molar-refractivity contribution in [1.29, 1.82) is 0 Å². The lowest BCUT2D eigenvalue weighted by Gasteiger charge is -2.49. The molecule has 1 aliphatic carbocycles. The van der Waals surface area contributed by atoms with Crippen LogP contribution in [0.5, 0.6) is 0 Å². The van der Waals surface area contributed by atoms with Gasteiger partial charge in [0.1, 0.15) is 5.82 Å². The average Bonchev–Trinajstić information content (AvgIpc) is 2.22. The number of hydrogen-bond donors (Lipinski definition) is 1. The molecule has 2 atom stereocenters. The highest BCUT2D eigenvalue weighted by Crippen LogP contribution is 2.47. The van der Waals surface area contributed by atoms with E-state index in [1.54, 1.807) is 12.1 Å². The van der Waals surface area contributed by atoms with E-state index >= 15 is 0 Å². The SMILES string of the molecule is CNC1C(C)C(c2ccc(F)cc2)C1C. The van der Waals surface area contributed by atoms with E-state index in [0.29, 0.717) is 23.8 Å². The molecule has 2 unspecified atom stereocenters. The van der Waals surface area contributed by atoms with E-state index < -0.39 is 0 Å². The van der Waals surface area contributed by atoms with Crippen molar-refractivity contribution in [2.45, 2.75) is 25.8 Å². The van der Waals surface area contributed by atoms with Crippen molar-refractivity contribution >= 4 is 0 Å². The summed E-state index contributed by atoms with van der Waals surface area (Å²) in [5.74, 6) is 1.69. The number of halogens is 1. The summed E-state index contributed by atoms with van der Waals surface area (Å²) in [5.41, 5.74) is 1.27. The smallest absolute Gasteiger partial charge is 0.123 e. The van der Waals surface area contributed by atoms with Crippen molar-refractivity contribution < 1.29 is 4.39 Å². The lowest BCUT2D eigenvalue weighted by molar-refractivity contribution is 0.103. The molecule has 1 aromatic carbocycles. The fourth-order valence-corrected chi connectivity index (χ4v) is 3.08. The van der Waals surface area contributed by atoms with E-state index in [1.165, 1.54) is 5.56 Å². The number of rotatable bonds is 2. The van der Waals surface area contributed by atoms with E-state index in [2.05, 4.69) is 19.2 Å². The summed E-state index contributed by atoms with van der Waals surface area (Å²) < 4.78 is 12.8. The minimum absolute atomic E-state index is 0.149. The van der Waals surface area contributed by atoms with E-state index in [9.17, 15) is 4.39 Å². The van der Waals surface area contributed by atoms with Crippen LogP contribution < -0.4 is 5.32 Å². The van der Waals surface area contributed by atoms with Gasteiger partial charge in [-0.05, 0) is 42.5 Å². The second kappa shape index (κ2) is 3.93. The van der Waals surface area contributed by atoms with Gasteiger partial charge in [0, 0.05) is 6.04 Å². The summed E-state index contributed by atoms with van der Waals surface area (Å²) in [4.78, 5) is 0. The van der Waals surface area contributed by atoms with Crippen LogP contribution in [0, 0.1) is 17.7 Å². The topological polar surface area (TPSA) is 12.0 Å². The summed E-state index contributed by atoms with van der Waals surface area (Å²) >= 11 is 0. The van der Waals surface area contributed by atoms with Crippen molar-refractivity contribution in [1.82, 2.24) is 5.32 Å². The van der Waals surface area contributed by atoms with Gasteiger partial charge < -0.3 is 5.32 Å². The van der Waals surface area contributed by atoms with Gasteiger partial charge in [-0.3, -0.25) is 0 Å². The van der Waals surface area contributed by atoms with Crippen LogP contribution in [0.1, 0.15) is 25.3 Å². The van der Waals surface area contributed by atoms with Crippen LogP contribution in [0.15, 0.2) is 24.3 Å². The molecule has 0 bridgehead atoms. The number of nitrogens with one attached hydrogen (secondary N) is 1. The van der Waals surface area contributed by atoms with Gasteiger partial charge in [0.05, 0.1) is 0 Å². The summed E-state index contributed by atoms with van der Waals surface area (Å²) in [6, 6.07) is 7.54. The van der Waals surface area contributed by atoms with Crippen LogP contribution in [0.25, 0.3) is 0 Å². The zero-order valence-electron chi connectivity index (χ0n) is 9.50. The second-order valence-corrected chi connectivity index (χ2v) is 4.61. The largest absolute Gasteiger partial charge is 0.316 e. The fraction of sp³-hybridized carbons (Fsp3) is 0.538. The average molecular weight is 207 g/mol. The molecule has 0 radical (unpaired) electrons. The third-order valence-electron chi connectivity index (χ3n) is 3.85. The molecule has 1 aliphatic rings. The monoisotopic (exact) mass is 207 g/mol. The van der Waals surface area contributed by atoms with E-state index in [-0.39, 0.29) is 5.82 Å². The van der Waals surface area contributed by atoms with Gasteiger partial charge in [0.15, 0.2) is 0 Å². The Labute approximate surface area is 90.7 Å². The van der Waals surface area contributed by atoms with Crippen molar-refractivity contribution in [3.8, 4) is 0 Å². The number of hydrogen-bond acceptors (Lipinski definition) is 1. The van der Waals surface area contributed by atoms with Gasteiger partial charge in [-0.2, -0.15) is 0 Å². The normalized spacial score (nSPS) is 34.9. The van der Waals surface area contributed by atoms with E-state index in [1.807, 2.05) is 19.2 Å². The van der Waals surface area contributed by atoms with Gasteiger partial charge in [0.2, 0.25) is 0 Å². The molecule has 0 saturated heterocycles. The fourth-order valence-electron chi connectivity index (χ4n) is 3.08. The Morgan fingerprint density at radius 1 is 1.07 bits per heavy atom. The van der Waals surface area contributed by atoms with Gasteiger partial charge in [-0.1, -0.05) is 26.0 Å². The first-order valence-corrected chi connectivity index (χ1v) is 5.58. The molecule has 1 N–H and O–H groups in total. The lowest BCUT2D eigenvalue weighted by Crippen LogP contribution is -2.53. The van der Waals surface area contributed by atoms with Crippen molar-refractivity contribution in [2.75, 3.05) is 7.05 Å². The van der Waals surface area contributed by atoms with Crippen molar-refractivity contribution in [2.24, 2.45) is 11.8 Å². The molecule has 1 nitrogen and oxygen atoms in total. The standard InChI is InChI=1S/C13H18FN/c1-8-12(9(2)13(8)15-3)10-4-6-11(14)7-5-10/h4-9,12-13,15H,1-3H3. The van der Waals surface area contributed by atoms with Crippen LogP contribution in [0.2, 0.25) is 0 Å². The van der Waals surface area contributed by atoms with E-state index in [4.69, 9.17) is 0 Å². The highest BCUT2D eigenvalue weighted by molar-refractivity contribution is 5.26. The Hall–Kier alpha value is -0.890. The molecule has 2 heteroatoms. The van der Waals surface area contributed by atoms with Crippen molar-refractivity contribution in [3.05, 3.63) is 35.6 Å². The summed E-state index contributed by atoms with van der Waals surface area (Å²) in [6.45, 7) is 4.52. The Morgan fingerprint density at radius 2 is 1.60 bits per heavy atom. The predicted molar refractivity (Wildman–Crippen MR) is 60.3 cm³/mol. The molecular formula is C13H18FN. The Balaban J connectivity index is 2.16. The molecule has 1 fully saturated rings. The lowest BCUT2D eigenvalue weighted by atomic mass is 9.60. The zero-order chi connectivity index (χ0) is 11.0. The third kappa shape index (κ3) is 1.67. The van der Waals surface area contributed by atoms with Crippen molar-refractivity contribution in [3.63, 3.8) is 0 Å². The third-order valence-corrected chi connectivity index (χ3v) is 3.85. The molecule has 2 rings (SSSR count). The molecule has 0 amide bonds. The Bertz CT molecular complexity index is 323. The van der Waals surface area contributed by atoms with Crippen LogP contribution in [0.4, 0.5) is 4.39 Å².